The Hall–Kier alpha value is -1.69. The SMILES string of the molecule is C=N/C(=C\c1cccc(B2OC(C)(C)C(C)(C)O2)c1C)C1=CCOCC1. The molecule has 138 valence electrons. The van der Waals surface area contributed by atoms with Gasteiger partial charge in [0.1, 0.15) is 0 Å². The topological polar surface area (TPSA) is 40.0 Å². The number of benzene rings is 1. The number of hydrogen-bond donors (Lipinski definition) is 0. The molecule has 0 N–H and O–H groups in total. The average molecular weight is 353 g/mol. The predicted octanol–water partition coefficient (Wildman–Crippen LogP) is 3.68. The lowest BCUT2D eigenvalue weighted by atomic mass is 9.75. The van der Waals surface area contributed by atoms with Crippen LogP contribution in [0.4, 0.5) is 0 Å². The van der Waals surface area contributed by atoms with Crippen molar-refractivity contribution in [3.8, 4) is 0 Å². The maximum absolute atomic E-state index is 6.23. The number of aliphatic imine (C=N–C) groups is 1. The van der Waals surface area contributed by atoms with Gasteiger partial charge in [-0.15, -0.1) is 0 Å². The summed E-state index contributed by atoms with van der Waals surface area (Å²) in [7, 11) is -0.365. The van der Waals surface area contributed by atoms with E-state index in [0.29, 0.717) is 6.61 Å². The maximum Gasteiger partial charge on any atom is 0.495 e. The molecule has 2 aliphatic rings. The molecular formula is C21H28BNO3. The number of rotatable bonds is 4. The molecule has 0 bridgehead atoms. The molecule has 0 aromatic heterocycles. The summed E-state index contributed by atoms with van der Waals surface area (Å²) >= 11 is 0. The van der Waals surface area contributed by atoms with Crippen molar-refractivity contribution in [3.63, 3.8) is 0 Å². The Morgan fingerprint density at radius 1 is 1.19 bits per heavy atom. The van der Waals surface area contributed by atoms with Gasteiger partial charge in [0.05, 0.1) is 30.1 Å². The third-order valence-corrected chi connectivity index (χ3v) is 5.68. The lowest BCUT2D eigenvalue weighted by molar-refractivity contribution is 0.00578. The summed E-state index contributed by atoms with van der Waals surface area (Å²) in [5.74, 6) is 0. The van der Waals surface area contributed by atoms with E-state index in [1.54, 1.807) is 0 Å². The molecule has 0 unspecified atom stereocenters. The first-order chi connectivity index (χ1) is 12.2. The van der Waals surface area contributed by atoms with Crippen molar-refractivity contribution in [2.45, 2.75) is 52.2 Å². The quantitative estimate of drug-likeness (QED) is 0.612. The smallest absolute Gasteiger partial charge is 0.399 e. The first kappa shape index (κ1) is 19.1. The summed E-state index contributed by atoms with van der Waals surface area (Å²) in [5, 5.41) is 0. The Kier molecular flexibility index (Phi) is 5.24. The van der Waals surface area contributed by atoms with Crippen LogP contribution in [0.1, 0.15) is 45.2 Å². The van der Waals surface area contributed by atoms with Crippen molar-refractivity contribution in [1.82, 2.24) is 0 Å². The highest BCUT2D eigenvalue weighted by Crippen LogP contribution is 2.37. The van der Waals surface area contributed by atoms with E-state index in [4.69, 9.17) is 14.0 Å². The van der Waals surface area contributed by atoms with Gasteiger partial charge in [0.25, 0.3) is 0 Å². The van der Waals surface area contributed by atoms with Gasteiger partial charge in [-0.3, -0.25) is 4.99 Å². The molecule has 0 spiro atoms. The molecule has 0 saturated carbocycles. The number of nitrogens with zero attached hydrogens (tertiary/aromatic N) is 1. The second-order valence-corrected chi connectivity index (χ2v) is 7.89. The van der Waals surface area contributed by atoms with Gasteiger partial charge in [0, 0.05) is 0 Å². The molecule has 2 aliphatic heterocycles. The Labute approximate surface area is 157 Å². The molecule has 0 radical (unpaired) electrons. The van der Waals surface area contributed by atoms with E-state index in [9.17, 15) is 0 Å². The van der Waals surface area contributed by atoms with Crippen molar-refractivity contribution in [1.29, 1.82) is 0 Å². The normalized spacial score (nSPS) is 22.3. The van der Waals surface area contributed by atoms with E-state index in [-0.39, 0.29) is 18.3 Å². The van der Waals surface area contributed by atoms with Crippen LogP contribution >= 0.6 is 0 Å². The highest BCUT2D eigenvalue weighted by atomic mass is 16.7. The second-order valence-electron chi connectivity index (χ2n) is 7.89. The van der Waals surface area contributed by atoms with Gasteiger partial charge in [-0.25, -0.2) is 0 Å². The van der Waals surface area contributed by atoms with Gasteiger partial charge in [0.15, 0.2) is 0 Å². The third kappa shape index (κ3) is 3.57. The molecule has 2 heterocycles. The third-order valence-electron chi connectivity index (χ3n) is 5.68. The zero-order valence-electron chi connectivity index (χ0n) is 16.5. The molecule has 0 amide bonds. The van der Waals surface area contributed by atoms with E-state index >= 15 is 0 Å². The summed E-state index contributed by atoms with van der Waals surface area (Å²) < 4.78 is 17.8. The fourth-order valence-electron chi connectivity index (χ4n) is 3.20. The van der Waals surface area contributed by atoms with Gasteiger partial charge >= 0.3 is 7.12 Å². The van der Waals surface area contributed by atoms with Gasteiger partial charge in [0.2, 0.25) is 0 Å². The van der Waals surface area contributed by atoms with Crippen LogP contribution in [0, 0.1) is 6.92 Å². The monoisotopic (exact) mass is 353 g/mol. The van der Waals surface area contributed by atoms with Crippen molar-refractivity contribution < 1.29 is 14.0 Å². The predicted molar refractivity (Wildman–Crippen MR) is 108 cm³/mol. The van der Waals surface area contributed by atoms with Crippen LogP contribution in [-0.2, 0) is 14.0 Å². The van der Waals surface area contributed by atoms with Crippen LogP contribution in [0.15, 0.2) is 40.5 Å². The Balaban J connectivity index is 1.94. The minimum atomic E-state index is -0.365. The standard InChI is InChI=1S/C21H28BNO3/c1-15-17(14-19(23-6)16-10-12-24-13-11-16)8-7-9-18(15)22-25-20(2,3)21(4,5)26-22/h7-10,14H,6,11-13H2,1-5H3/b19-14-. The molecule has 4 nitrogen and oxygen atoms in total. The highest BCUT2D eigenvalue weighted by molar-refractivity contribution is 6.62. The lowest BCUT2D eigenvalue weighted by Gasteiger charge is -2.32. The Bertz CT molecular complexity index is 749. The molecule has 0 atom stereocenters. The summed E-state index contributed by atoms with van der Waals surface area (Å²) in [5.41, 5.74) is 4.69. The summed E-state index contributed by atoms with van der Waals surface area (Å²) in [6.07, 6.45) is 5.03. The van der Waals surface area contributed by atoms with Crippen LogP contribution in [0.5, 0.6) is 0 Å². The summed E-state index contributed by atoms with van der Waals surface area (Å²) in [6.45, 7) is 15.5. The molecule has 3 rings (SSSR count). The second kappa shape index (κ2) is 7.14. The van der Waals surface area contributed by atoms with Gasteiger partial charge < -0.3 is 14.0 Å². The largest absolute Gasteiger partial charge is 0.495 e. The van der Waals surface area contributed by atoms with Crippen LogP contribution in [-0.4, -0.2) is 38.3 Å². The average Bonchev–Trinajstić information content (AvgIpc) is 2.82. The zero-order valence-corrected chi connectivity index (χ0v) is 16.5. The van der Waals surface area contributed by atoms with Gasteiger partial charge in [-0.05, 0) is 76.0 Å². The van der Waals surface area contributed by atoms with Gasteiger partial charge in [-0.2, -0.15) is 0 Å². The zero-order chi connectivity index (χ0) is 18.9. The molecule has 5 heteroatoms. The number of ether oxygens (including phenoxy) is 1. The summed E-state index contributed by atoms with van der Waals surface area (Å²) in [4.78, 5) is 4.25. The molecule has 26 heavy (non-hydrogen) atoms. The fraction of sp³-hybridized carbons (Fsp3) is 0.476. The molecule has 0 aliphatic carbocycles. The first-order valence-electron chi connectivity index (χ1n) is 9.16. The molecule has 1 saturated heterocycles. The van der Waals surface area contributed by atoms with Crippen LogP contribution < -0.4 is 5.46 Å². The molecule has 1 aromatic rings. The van der Waals surface area contributed by atoms with Crippen molar-refractivity contribution in [3.05, 3.63) is 46.7 Å². The number of allylic oxidation sites excluding steroid dienone is 1. The number of hydrogen-bond acceptors (Lipinski definition) is 4. The Morgan fingerprint density at radius 2 is 1.88 bits per heavy atom. The van der Waals surface area contributed by atoms with Crippen molar-refractivity contribution >= 4 is 25.4 Å². The Morgan fingerprint density at radius 3 is 2.46 bits per heavy atom. The molecular weight excluding hydrogens is 325 g/mol. The van der Waals surface area contributed by atoms with Crippen LogP contribution in [0.2, 0.25) is 0 Å². The van der Waals surface area contributed by atoms with Crippen molar-refractivity contribution in [2.75, 3.05) is 13.2 Å². The van der Waals surface area contributed by atoms with Crippen molar-refractivity contribution in [2.24, 2.45) is 4.99 Å². The van der Waals surface area contributed by atoms with Gasteiger partial charge in [-0.1, -0.05) is 24.3 Å². The summed E-state index contributed by atoms with van der Waals surface area (Å²) in [6, 6.07) is 6.21. The molecule has 1 aromatic carbocycles. The van der Waals surface area contributed by atoms with E-state index in [2.05, 4.69) is 70.6 Å². The van der Waals surface area contributed by atoms with E-state index in [1.165, 1.54) is 5.57 Å². The maximum atomic E-state index is 6.23. The first-order valence-corrected chi connectivity index (χ1v) is 9.16. The minimum Gasteiger partial charge on any atom is -0.399 e. The fourth-order valence-corrected chi connectivity index (χ4v) is 3.20. The van der Waals surface area contributed by atoms with E-state index < -0.39 is 0 Å². The minimum absolute atomic E-state index is 0.351. The van der Waals surface area contributed by atoms with E-state index in [1.807, 2.05) is 6.07 Å². The highest BCUT2D eigenvalue weighted by Gasteiger charge is 2.52. The lowest BCUT2D eigenvalue weighted by Crippen LogP contribution is -2.41. The van der Waals surface area contributed by atoms with Crippen LogP contribution in [0.25, 0.3) is 6.08 Å². The molecule has 1 fully saturated rings. The van der Waals surface area contributed by atoms with E-state index in [0.717, 1.165) is 35.3 Å². The van der Waals surface area contributed by atoms with Crippen LogP contribution in [0.3, 0.4) is 0 Å².